The highest BCUT2D eigenvalue weighted by Gasteiger charge is 2.23. The van der Waals surface area contributed by atoms with Gasteiger partial charge in [0.05, 0.1) is 10.6 Å². The number of nitrogens with one attached hydrogen (secondary N) is 1. The van der Waals surface area contributed by atoms with E-state index < -0.39 is 10.0 Å². The number of anilines is 2. The number of hydrogen-bond acceptors (Lipinski definition) is 3. The van der Waals surface area contributed by atoms with E-state index >= 15 is 0 Å². The Morgan fingerprint density at radius 2 is 1.40 bits per heavy atom. The Bertz CT molecular complexity index is 1200. The highest BCUT2D eigenvalue weighted by molar-refractivity contribution is 7.92. The van der Waals surface area contributed by atoms with Crippen molar-refractivity contribution >= 4 is 27.3 Å². The molecule has 3 aromatic carbocycles. The zero-order valence-corrected chi connectivity index (χ0v) is 18.7. The molecule has 0 heterocycles. The summed E-state index contributed by atoms with van der Waals surface area (Å²) in [5, 5.41) is 2.92. The number of rotatable bonds is 5. The maximum Gasteiger partial charge on any atom is 0.264 e. The van der Waals surface area contributed by atoms with E-state index in [1.807, 2.05) is 45.9 Å². The van der Waals surface area contributed by atoms with Crippen LogP contribution in [0, 0.1) is 27.7 Å². The SMILES string of the molecule is Cc1ccc(S(=O)(=O)N(C)c2cc(C(=O)Nc3cc(C)ccc3C)ccc2C)cc1. The molecule has 3 rings (SSSR count). The molecule has 5 nitrogen and oxygen atoms in total. The highest BCUT2D eigenvalue weighted by Crippen LogP contribution is 2.27. The van der Waals surface area contributed by atoms with Crippen molar-refractivity contribution in [2.45, 2.75) is 32.6 Å². The molecular weight excluding hydrogens is 396 g/mol. The number of amides is 1. The molecule has 3 aromatic rings. The molecule has 0 aromatic heterocycles. The van der Waals surface area contributed by atoms with Crippen LogP contribution in [0.5, 0.6) is 0 Å². The van der Waals surface area contributed by atoms with E-state index in [4.69, 9.17) is 0 Å². The molecule has 0 atom stereocenters. The lowest BCUT2D eigenvalue weighted by Crippen LogP contribution is -2.27. The van der Waals surface area contributed by atoms with Crippen molar-refractivity contribution in [1.82, 2.24) is 0 Å². The minimum absolute atomic E-state index is 0.209. The van der Waals surface area contributed by atoms with Crippen LogP contribution >= 0.6 is 0 Å². The van der Waals surface area contributed by atoms with Crippen molar-refractivity contribution < 1.29 is 13.2 Å². The molecular formula is C24H26N2O3S. The van der Waals surface area contributed by atoms with Gasteiger partial charge in [-0.25, -0.2) is 8.42 Å². The van der Waals surface area contributed by atoms with Crippen LogP contribution in [0.15, 0.2) is 65.6 Å². The molecule has 0 aliphatic rings. The molecule has 0 aliphatic heterocycles. The number of sulfonamides is 1. The van der Waals surface area contributed by atoms with Gasteiger partial charge in [-0.2, -0.15) is 0 Å². The summed E-state index contributed by atoms with van der Waals surface area (Å²) >= 11 is 0. The minimum Gasteiger partial charge on any atom is -0.322 e. The number of carbonyl (C=O) groups excluding carboxylic acids is 1. The van der Waals surface area contributed by atoms with Crippen molar-refractivity contribution in [2.75, 3.05) is 16.7 Å². The van der Waals surface area contributed by atoms with Gasteiger partial charge in [0.25, 0.3) is 15.9 Å². The Balaban J connectivity index is 1.93. The van der Waals surface area contributed by atoms with E-state index in [2.05, 4.69) is 5.32 Å². The van der Waals surface area contributed by atoms with Gasteiger partial charge >= 0.3 is 0 Å². The third-order valence-corrected chi connectivity index (χ3v) is 6.92. The second-order valence-corrected chi connectivity index (χ2v) is 9.53. The summed E-state index contributed by atoms with van der Waals surface area (Å²) in [6, 6.07) is 17.6. The van der Waals surface area contributed by atoms with E-state index in [9.17, 15) is 13.2 Å². The number of carbonyl (C=O) groups is 1. The number of benzene rings is 3. The monoisotopic (exact) mass is 422 g/mol. The van der Waals surface area contributed by atoms with Crippen molar-refractivity contribution in [3.63, 3.8) is 0 Å². The van der Waals surface area contributed by atoms with E-state index in [1.54, 1.807) is 42.5 Å². The molecule has 0 saturated carbocycles. The average molecular weight is 423 g/mol. The predicted molar refractivity (Wildman–Crippen MR) is 122 cm³/mol. The fourth-order valence-electron chi connectivity index (χ4n) is 3.15. The summed E-state index contributed by atoms with van der Waals surface area (Å²) in [5.41, 5.74) is 5.34. The van der Waals surface area contributed by atoms with Crippen LogP contribution in [0.4, 0.5) is 11.4 Å². The fraction of sp³-hybridized carbons (Fsp3) is 0.208. The van der Waals surface area contributed by atoms with Crippen LogP contribution in [0.2, 0.25) is 0 Å². The first-order valence-corrected chi connectivity index (χ1v) is 11.1. The van der Waals surface area contributed by atoms with Crippen LogP contribution in [0.25, 0.3) is 0 Å². The maximum absolute atomic E-state index is 13.1. The smallest absolute Gasteiger partial charge is 0.264 e. The molecule has 1 N–H and O–H groups in total. The molecule has 0 aliphatic carbocycles. The van der Waals surface area contributed by atoms with E-state index in [1.165, 1.54) is 11.4 Å². The molecule has 0 unspecified atom stereocenters. The van der Waals surface area contributed by atoms with Crippen molar-refractivity contribution in [1.29, 1.82) is 0 Å². The van der Waals surface area contributed by atoms with Crippen LogP contribution in [-0.2, 0) is 10.0 Å². The standard InChI is InChI=1S/C24H26N2O3S/c1-16-7-12-21(13-8-16)30(28,29)26(5)23-15-20(11-10-19(23)4)24(27)25-22-14-17(2)6-9-18(22)3/h6-15H,1-5H3,(H,25,27). The summed E-state index contributed by atoms with van der Waals surface area (Å²) in [7, 11) is -2.24. The summed E-state index contributed by atoms with van der Waals surface area (Å²) in [6.07, 6.45) is 0. The first-order chi connectivity index (χ1) is 14.1. The summed E-state index contributed by atoms with van der Waals surface area (Å²) < 4.78 is 27.4. The maximum atomic E-state index is 13.1. The molecule has 30 heavy (non-hydrogen) atoms. The Hall–Kier alpha value is -3.12. The average Bonchev–Trinajstić information content (AvgIpc) is 2.70. The summed E-state index contributed by atoms with van der Waals surface area (Å²) in [5.74, 6) is -0.286. The number of aryl methyl sites for hydroxylation is 4. The predicted octanol–water partition coefficient (Wildman–Crippen LogP) is 5.00. The van der Waals surface area contributed by atoms with Crippen LogP contribution in [0.1, 0.15) is 32.6 Å². The Kier molecular flexibility index (Phi) is 5.99. The van der Waals surface area contributed by atoms with Crippen molar-refractivity contribution in [3.8, 4) is 0 Å². The van der Waals surface area contributed by atoms with Crippen molar-refractivity contribution in [2.24, 2.45) is 0 Å². The second kappa shape index (κ2) is 8.32. The van der Waals surface area contributed by atoms with E-state index in [0.29, 0.717) is 11.3 Å². The van der Waals surface area contributed by atoms with Gasteiger partial charge in [0.15, 0.2) is 0 Å². The number of nitrogens with zero attached hydrogens (tertiary/aromatic N) is 1. The molecule has 156 valence electrons. The molecule has 0 saturated heterocycles. The lowest BCUT2D eigenvalue weighted by Gasteiger charge is -2.22. The van der Waals surface area contributed by atoms with Crippen molar-refractivity contribution in [3.05, 3.63) is 88.5 Å². The second-order valence-electron chi connectivity index (χ2n) is 7.56. The quantitative estimate of drug-likeness (QED) is 0.629. The van der Waals surface area contributed by atoms with Crippen LogP contribution in [-0.4, -0.2) is 21.4 Å². The third kappa shape index (κ3) is 4.39. The minimum atomic E-state index is -3.74. The van der Waals surface area contributed by atoms with Gasteiger partial charge in [0.2, 0.25) is 0 Å². The van der Waals surface area contributed by atoms with Gasteiger partial charge in [-0.15, -0.1) is 0 Å². The Morgan fingerprint density at radius 3 is 2.07 bits per heavy atom. The van der Waals surface area contributed by atoms with E-state index in [0.717, 1.165) is 27.9 Å². The topological polar surface area (TPSA) is 66.5 Å². The Labute approximate surface area is 178 Å². The van der Waals surface area contributed by atoms with Gasteiger partial charge in [-0.05, 0) is 74.7 Å². The summed E-state index contributed by atoms with van der Waals surface area (Å²) in [6.45, 7) is 7.62. The first-order valence-electron chi connectivity index (χ1n) is 9.64. The zero-order chi connectivity index (χ0) is 22.1. The molecule has 6 heteroatoms. The van der Waals surface area contributed by atoms with E-state index in [-0.39, 0.29) is 10.8 Å². The van der Waals surface area contributed by atoms with Gasteiger partial charge in [0, 0.05) is 18.3 Å². The van der Waals surface area contributed by atoms with Crippen LogP contribution < -0.4 is 9.62 Å². The molecule has 1 amide bonds. The van der Waals surface area contributed by atoms with Gasteiger partial charge in [-0.3, -0.25) is 9.10 Å². The van der Waals surface area contributed by atoms with Gasteiger partial charge in [0.1, 0.15) is 0 Å². The highest BCUT2D eigenvalue weighted by atomic mass is 32.2. The number of hydrogen-bond donors (Lipinski definition) is 1. The molecule has 0 spiro atoms. The fourth-order valence-corrected chi connectivity index (χ4v) is 4.40. The lowest BCUT2D eigenvalue weighted by molar-refractivity contribution is 0.102. The van der Waals surface area contributed by atoms with Gasteiger partial charge in [-0.1, -0.05) is 35.9 Å². The normalized spacial score (nSPS) is 11.2. The summed E-state index contributed by atoms with van der Waals surface area (Å²) in [4.78, 5) is 13.1. The zero-order valence-electron chi connectivity index (χ0n) is 17.9. The largest absolute Gasteiger partial charge is 0.322 e. The molecule has 0 radical (unpaired) electrons. The molecule has 0 bridgehead atoms. The van der Waals surface area contributed by atoms with Gasteiger partial charge < -0.3 is 5.32 Å². The third-order valence-electron chi connectivity index (χ3n) is 5.13. The van der Waals surface area contributed by atoms with Crippen LogP contribution in [0.3, 0.4) is 0 Å². The molecule has 0 fully saturated rings. The lowest BCUT2D eigenvalue weighted by atomic mass is 10.1. The Morgan fingerprint density at radius 1 is 0.800 bits per heavy atom. The first kappa shape index (κ1) is 21.6.